The molecule has 0 fully saturated rings. The van der Waals surface area contributed by atoms with Gasteiger partial charge in [-0.2, -0.15) is 13.2 Å². The number of aromatic nitrogens is 3. The summed E-state index contributed by atoms with van der Waals surface area (Å²) in [6.45, 7) is 0. The summed E-state index contributed by atoms with van der Waals surface area (Å²) >= 11 is 0. The molecule has 6 nitrogen and oxygen atoms in total. The van der Waals surface area contributed by atoms with Gasteiger partial charge in [-0.05, 0) is 0 Å². The highest BCUT2D eigenvalue weighted by Gasteiger charge is 2.38. The molecule has 0 atom stereocenters. The molecule has 0 bridgehead atoms. The van der Waals surface area contributed by atoms with Crippen molar-refractivity contribution in [3.8, 4) is 0 Å². The van der Waals surface area contributed by atoms with Crippen LogP contribution in [-0.2, 0) is 6.18 Å². The number of nitrogen functional groups attached to an aromatic ring is 2. The smallest absolute Gasteiger partial charge is 0.334 e. The first-order valence-corrected chi connectivity index (χ1v) is 2.71. The van der Waals surface area contributed by atoms with Gasteiger partial charge in [0.2, 0.25) is 0 Å². The Labute approximate surface area is 64.3 Å². The number of halogens is 3. The van der Waals surface area contributed by atoms with Crippen LogP contribution in [0.4, 0.5) is 19.1 Å². The Hall–Kier alpha value is -1.51. The normalized spacial score (nSPS) is 11.7. The first-order valence-electron chi connectivity index (χ1n) is 2.71. The van der Waals surface area contributed by atoms with E-state index in [1.165, 1.54) is 0 Å². The van der Waals surface area contributed by atoms with E-state index in [0.717, 1.165) is 0 Å². The Kier molecular flexibility index (Phi) is 1.80. The lowest BCUT2D eigenvalue weighted by atomic mass is 10.6. The molecule has 0 aromatic carbocycles. The van der Waals surface area contributed by atoms with Gasteiger partial charge in [-0.3, -0.25) is 5.43 Å². The Morgan fingerprint density at radius 2 is 1.92 bits per heavy atom. The highest BCUT2D eigenvalue weighted by atomic mass is 19.4. The van der Waals surface area contributed by atoms with Crippen LogP contribution in [0.5, 0.6) is 0 Å². The molecule has 5 N–H and O–H groups in total. The van der Waals surface area contributed by atoms with E-state index in [-0.39, 0.29) is 10.6 Å². The van der Waals surface area contributed by atoms with Gasteiger partial charge in [-0.1, -0.05) is 0 Å². The van der Waals surface area contributed by atoms with Gasteiger partial charge in [-0.25, -0.2) is 10.5 Å². The summed E-state index contributed by atoms with van der Waals surface area (Å²) < 4.78 is 36.0. The van der Waals surface area contributed by atoms with Crippen molar-refractivity contribution in [2.45, 2.75) is 6.18 Å². The number of hydrogen-bond acceptors (Lipinski definition) is 5. The van der Waals surface area contributed by atoms with Crippen LogP contribution in [-0.4, -0.2) is 14.9 Å². The third-order valence-corrected chi connectivity index (χ3v) is 1.08. The number of hydrazine groups is 1. The van der Waals surface area contributed by atoms with E-state index < -0.39 is 12.0 Å². The Morgan fingerprint density at radius 1 is 1.33 bits per heavy atom. The van der Waals surface area contributed by atoms with Gasteiger partial charge >= 0.3 is 6.18 Å². The third-order valence-electron chi connectivity index (χ3n) is 1.08. The molecule has 12 heavy (non-hydrogen) atoms. The van der Waals surface area contributed by atoms with Crippen LogP contribution in [0, 0.1) is 0 Å². The fourth-order valence-corrected chi connectivity index (χ4v) is 0.583. The Bertz CT molecular complexity index is 276. The first kappa shape index (κ1) is 8.59. The Balaban J connectivity index is 3.11. The zero-order valence-electron chi connectivity index (χ0n) is 5.63. The number of rotatable bonds is 1. The van der Waals surface area contributed by atoms with Crippen molar-refractivity contribution in [3.63, 3.8) is 0 Å². The van der Waals surface area contributed by atoms with Crippen LogP contribution in [0.3, 0.4) is 0 Å². The zero-order valence-corrected chi connectivity index (χ0v) is 5.63. The number of alkyl halides is 3. The topological polar surface area (TPSA) is 94.8 Å². The van der Waals surface area contributed by atoms with Crippen molar-refractivity contribution in [1.29, 1.82) is 0 Å². The summed E-state index contributed by atoms with van der Waals surface area (Å²) in [5.41, 5.74) is 1.85. The molecule has 0 saturated carbocycles. The van der Waals surface area contributed by atoms with Crippen molar-refractivity contribution < 1.29 is 13.2 Å². The minimum atomic E-state index is -4.63. The fourth-order valence-electron chi connectivity index (χ4n) is 0.583. The molecule has 1 aromatic rings. The highest BCUT2D eigenvalue weighted by molar-refractivity contribution is 5.23. The van der Waals surface area contributed by atoms with Crippen LogP contribution in [0.2, 0.25) is 0 Å². The molecule has 0 aliphatic heterocycles. The zero-order chi connectivity index (χ0) is 9.35. The van der Waals surface area contributed by atoms with Gasteiger partial charge < -0.3 is 5.84 Å². The van der Waals surface area contributed by atoms with Crippen molar-refractivity contribution in [2.75, 3.05) is 11.3 Å². The van der Waals surface area contributed by atoms with Gasteiger partial charge in [0.1, 0.15) is 0 Å². The van der Waals surface area contributed by atoms with Gasteiger partial charge in [-0.15, -0.1) is 10.2 Å². The van der Waals surface area contributed by atoms with Gasteiger partial charge in [0.15, 0.2) is 0 Å². The minimum absolute atomic E-state index is 0.222. The summed E-state index contributed by atoms with van der Waals surface area (Å²) in [5.74, 6) is 8.05. The minimum Gasteiger partial charge on any atom is -0.334 e. The van der Waals surface area contributed by atoms with Gasteiger partial charge in [0.25, 0.3) is 11.8 Å². The van der Waals surface area contributed by atoms with E-state index in [1.807, 2.05) is 5.43 Å². The standard InChI is InChI=1S/C3H5F3N6/c4-3(5,6)1-10-11-2(9-7)12(1)8/h7-8H2,(H,9,11). The van der Waals surface area contributed by atoms with Crippen molar-refractivity contribution in [1.82, 2.24) is 14.9 Å². The second-order valence-electron chi connectivity index (χ2n) is 1.86. The van der Waals surface area contributed by atoms with E-state index in [0.29, 0.717) is 0 Å². The number of nitrogens with one attached hydrogen (secondary N) is 1. The molecule has 0 unspecified atom stereocenters. The van der Waals surface area contributed by atoms with Crippen molar-refractivity contribution in [3.05, 3.63) is 5.82 Å². The summed E-state index contributed by atoms with van der Waals surface area (Å²) in [7, 11) is 0. The van der Waals surface area contributed by atoms with Crippen LogP contribution >= 0.6 is 0 Å². The quantitative estimate of drug-likeness (QED) is 0.394. The molecule has 68 valence electrons. The summed E-state index contributed by atoms with van der Waals surface area (Å²) in [6.07, 6.45) is -4.63. The summed E-state index contributed by atoms with van der Waals surface area (Å²) in [5, 5.41) is 5.81. The average Bonchev–Trinajstić information content (AvgIpc) is 2.29. The maximum absolute atomic E-state index is 11.9. The van der Waals surface area contributed by atoms with E-state index in [1.54, 1.807) is 0 Å². The number of nitrogens with two attached hydrogens (primary N) is 2. The second-order valence-corrected chi connectivity index (χ2v) is 1.86. The van der Waals surface area contributed by atoms with Gasteiger partial charge in [0, 0.05) is 0 Å². The lowest BCUT2D eigenvalue weighted by Gasteiger charge is -2.04. The molecule has 0 amide bonds. The molecule has 0 spiro atoms. The molecule has 1 heterocycles. The van der Waals surface area contributed by atoms with Crippen molar-refractivity contribution >= 4 is 5.95 Å². The molecular formula is C3H5F3N6. The number of nitrogens with zero attached hydrogens (tertiary/aromatic N) is 3. The van der Waals surface area contributed by atoms with Crippen LogP contribution in [0.15, 0.2) is 0 Å². The lowest BCUT2D eigenvalue weighted by Crippen LogP contribution is -2.24. The molecule has 1 rings (SSSR count). The SMILES string of the molecule is NNc1nnc(C(F)(F)F)n1N. The molecule has 0 radical (unpaired) electrons. The highest BCUT2D eigenvalue weighted by Crippen LogP contribution is 2.27. The van der Waals surface area contributed by atoms with E-state index >= 15 is 0 Å². The maximum atomic E-state index is 11.9. The molecular weight excluding hydrogens is 177 g/mol. The van der Waals surface area contributed by atoms with E-state index in [4.69, 9.17) is 11.7 Å². The van der Waals surface area contributed by atoms with Gasteiger partial charge in [0.05, 0.1) is 0 Å². The summed E-state index contributed by atoms with van der Waals surface area (Å²) in [6, 6.07) is 0. The number of anilines is 1. The monoisotopic (exact) mass is 182 g/mol. The predicted octanol–water partition coefficient (Wildman–Crippen LogP) is -0.704. The average molecular weight is 182 g/mol. The van der Waals surface area contributed by atoms with Crippen molar-refractivity contribution in [2.24, 2.45) is 5.84 Å². The predicted molar refractivity (Wildman–Crippen MR) is 33.0 cm³/mol. The third kappa shape index (κ3) is 1.25. The van der Waals surface area contributed by atoms with Crippen LogP contribution < -0.4 is 17.1 Å². The molecule has 9 heteroatoms. The van der Waals surface area contributed by atoms with Crippen LogP contribution in [0.25, 0.3) is 0 Å². The molecule has 0 saturated heterocycles. The van der Waals surface area contributed by atoms with E-state index in [9.17, 15) is 13.2 Å². The Morgan fingerprint density at radius 3 is 2.17 bits per heavy atom. The lowest BCUT2D eigenvalue weighted by molar-refractivity contribution is -0.146. The molecule has 0 aliphatic rings. The van der Waals surface area contributed by atoms with Crippen LogP contribution in [0.1, 0.15) is 5.82 Å². The second kappa shape index (κ2) is 2.52. The molecule has 1 aromatic heterocycles. The first-order chi connectivity index (χ1) is 5.46. The van der Waals surface area contributed by atoms with E-state index in [2.05, 4.69) is 10.2 Å². The fraction of sp³-hybridized carbons (Fsp3) is 0.333. The number of hydrogen-bond donors (Lipinski definition) is 3. The molecule has 0 aliphatic carbocycles. The summed E-state index contributed by atoms with van der Waals surface area (Å²) in [4.78, 5) is 0. The largest absolute Gasteiger partial charge is 0.453 e. The maximum Gasteiger partial charge on any atom is 0.453 e.